The molecular weight excluding hydrogens is 420 g/mol. The Morgan fingerprint density at radius 2 is 2.10 bits per heavy atom. The lowest BCUT2D eigenvalue weighted by Crippen LogP contribution is -2.32. The Bertz CT molecular complexity index is 1370. The van der Waals surface area contributed by atoms with Crippen LogP contribution >= 0.6 is 11.3 Å². The molecule has 0 N–H and O–H groups in total. The van der Waals surface area contributed by atoms with Crippen molar-refractivity contribution in [1.29, 1.82) is 10.5 Å². The van der Waals surface area contributed by atoms with E-state index in [1.807, 2.05) is 12.1 Å². The Kier molecular flexibility index (Phi) is 6.78. The van der Waals surface area contributed by atoms with Crippen LogP contribution in [0.5, 0.6) is 0 Å². The number of benzene rings is 1. The van der Waals surface area contributed by atoms with E-state index in [-0.39, 0.29) is 21.5 Å². The summed E-state index contributed by atoms with van der Waals surface area (Å²) >= 11 is 1.03. The smallest absolute Gasteiger partial charge is 0.270 e. The molecule has 0 aliphatic heterocycles. The van der Waals surface area contributed by atoms with Crippen molar-refractivity contribution in [3.05, 3.63) is 71.8 Å². The molecule has 9 nitrogen and oxygen atoms in total. The van der Waals surface area contributed by atoms with Crippen molar-refractivity contribution in [3.63, 3.8) is 0 Å². The molecule has 0 saturated carbocycles. The molecule has 0 aliphatic rings. The fraction of sp³-hybridized carbons (Fsp3) is 0.190. The molecule has 0 amide bonds. The van der Waals surface area contributed by atoms with Gasteiger partial charge in [-0.15, -0.1) is 11.3 Å². The first-order chi connectivity index (χ1) is 15.0. The van der Waals surface area contributed by atoms with Crippen LogP contribution in [0.25, 0.3) is 23.0 Å². The van der Waals surface area contributed by atoms with Crippen LogP contribution in [0.2, 0.25) is 0 Å². The van der Waals surface area contributed by atoms with E-state index < -0.39 is 4.92 Å². The van der Waals surface area contributed by atoms with Gasteiger partial charge < -0.3 is 9.15 Å². The second-order valence-corrected chi connectivity index (χ2v) is 7.36. The van der Waals surface area contributed by atoms with Crippen molar-refractivity contribution in [1.82, 2.24) is 4.57 Å². The van der Waals surface area contributed by atoms with Crippen molar-refractivity contribution in [2.75, 3.05) is 13.7 Å². The van der Waals surface area contributed by atoms with Crippen molar-refractivity contribution in [2.45, 2.75) is 13.0 Å². The standard InChI is InChI=1S/C21H16N4O5S/c1-29-9-3-8-24-20(26)19(31-21(24)15(12-22)13-23)11-17-6-7-18(30-17)14-4-2-5-16(10-14)25(27)28/h2,4-7,10-11H,3,8-9H2,1H3/b19-11+. The number of nitrogens with zero attached hydrogens (tertiary/aromatic N) is 4. The van der Waals surface area contributed by atoms with Gasteiger partial charge in [-0.25, -0.2) is 0 Å². The molecule has 2 aromatic heterocycles. The number of methoxy groups -OCH3 is 1. The number of ether oxygens (including phenoxy) is 1. The normalized spacial score (nSPS) is 11.1. The van der Waals surface area contributed by atoms with Gasteiger partial charge in [-0.2, -0.15) is 10.5 Å². The maximum Gasteiger partial charge on any atom is 0.270 e. The summed E-state index contributed by atoms with van der Waals surface area (Å²) in [5.74, 6) is 0.777. The Morgan fingerprint density at radius 3 is 2.77 bits per heavy atom. The molecule has 0 unspecified atom stereocenters. The predicted molar refractivity (Wildman–Crippen MR) is 113 cm³/mol. The molecular formula is C21H16N4O5S. The van der Waals surface area contributed by atoms with E-state index in [1.165, 1.54) is 22.8 Å². The summed E-state index contributed by atoms with van der Waals surface area (Å²) < 4.78 is 12.7. The van der Waals surface area contributed by atoms with E-state index in [9.17, 15) is 25.4 Å². The van der Waals surface area contributed by atoms with E-state index in [0.29, 0.717) is 41.2 Å². The van der Waals surface area contributed by atoms with Gasteiger partial charge in [-0.3, -0.25) is 19.5 Å². The summed E-state index contributed by atoms with van der Waals surface area (Å²) in [6, 6.07) is 13.0. The lowest BCUT2D eigenvalue weighted by Gasteiger charge is -2.01. The van der Waals surface area contributed by atoms with Gasteiger partial charge >= 0.3 is 0 Å². The molecule has 10 heteroatoms. The summed E-state index contributed by atoms with van der Waals surface area (Å²) in [5.41, 5.74) is -0.0112. The van der Waals surface area contributed by atoms with Gasteiger partial charge in [-0.05, 0) is 18.6 Å². The minimum Gasteiger partial charge on any atom is -0.457 e. The molecule has 0 saturated heterocycles. The van der Waals surface area contributed by atoms with E-state index in [0.717, 1.165) is 11.3 Å². The SMILES string of the molecule is COCCCn1c(=C(C#N)C#N)s/c(=C/c2ccc(-c3cccc([N+](=O)[O-])c3)o2)c1=O. The first-order valence-corrected chi connectivity index (χ1v) is 9.89. The second-order valence-electron chi connectivity index (χ2n) is 6.33. The van der Waals surface area contributed by atoms with Crippen LogP contribution < -0.4 is 14.8 Å². The Labute approximate surface area is 180 Å². The number of aromatic nitrogens is 1. The number of nitro benzene ring substituents is 1. The first-order valence-electron chi connectivity index (χ1n) is 9.08. The summed E-state index contributed by atoms with van der Waals surface area (Å²) in [7, 11) is 1.55. The van der Waals surface area contributed by atoms with Gasteiger partial charge in [0.25, 0.3) is 11.2 Å². The van der Waals surface area contributed by atoms with Crippen LogP contribution in [0.4, 0.5) is 5.69 Å². The number of hydrogen-bond donors (Lipinski definition) is 0. The summed E-state index contributed by atoms with van der Waals surface area (Å²) in [6.45, 7) is 0.732. The molecule has 156 valence electrons. The number of rotatable bonds is 7. The van der Waals surface area contributed by atoms with Gasteiger partial charge in [0.15, 0.2) is 5.57 Å². The molecule has 0 radical (unpaired) electrons. The number of nitriles is 2. The first kappa shape index (κ1) is 21.7. The lowest BCUT2D eigenvalue weighted by atomic mass is 10.1. The third kappa shape index (κ3) is 4.78. The second kappa shape index (κ2) is 9.67. The molecule has 2 heterocycles. The minimum atomic E-state index is -0.489. The maximum absolute atomic E-state index is 12.9. The van der Waals surface area contributed by atoms with Crippen molar-refractivity contribution >= 4 is 28.7 Å². The highest BCUT2D eigenvalue weighted by Gasteiger charge is 2.12. The van der Waals surface area contributed by atoms with Crippen LogP contribution in [0.3, 0.4) is 0 Å². The predicted octanol–water partition coefficient (Wildman–Crippen LogP) is 2.14. The largest absolute Gasteiger partial charge is 0.457 e. The Hall–Kier alpha value is -3.99. The number of thiazole rings is 1. The van der Waals surface area contributed by atoms with E-state index in [1.54, 1.807) is 31.4 Å². The molecule has 0 aliphatic carbocycles. The van der Waals surface area contributed by atoms with Gasteiger partial charge in [0.2, 0.25) is 0 Å². The molecule has 3 rings (SSSR count). The van der Waals surface area contributed by atoms with Crippen LogP contribution in [0.15, 0.2) is 45.6 Å². The zero-order chi connectivity index (χ0) is 22.4. The van der Waals surface area contributed by atoms with Crippen LogP contribution in [-0.4, -0.2) is 23.2 Å². The third-order valence-electron chi connectivity index (χ3n) is 4.32. The monoisotopic (exact) mass is 436 g/mol. The molecule has 0 fully saturated rings. The van der Waals surface area contributed by atoms with E-state index in [4.69, 9.17) is 9.15 Å². The topological polar surface area (TPSA) is 135 Å². The number of hydrogen-bond acceptors (Lipinski definition) is 8. The number of non-ortho nitro benzene ring substituents is 1. The van der Waals surface area contributed by atoms with Crippen LogP contribution in [-0.2, 0) is 11.3 Å². The van der Waals surface area contributed by atoms with Crippen molar-refractivity contribution in [3.8, 4) is 23.5 Å². The Balaban J connectivity index is 2.07. The average molecular weight is 436 g/mol. The highest BCUT2D eigenvalue weighted by molar-refractivity contribution is 7.07. The van der Waals surface area contributed by atoms with Gasteiger partial charge in [0, 0.05) is 44.0 Å². The molecule has 31 heavy (non-hydrogen) atoms. The van der Waals surface area contributed by atoms with E-state index >= 15 is 0 Å². The minimum absolute atomic E-state index is 0.0580. The zero-order valence-electron chi connectivity index (χ0n) is 16.4. The summed E-state index contributed by atoms with van der Waals surface area (Å²) in [5, 5.41) is 29.5. The van der Waals surface area contributed by atoms with Crippen molar-refractivity contribution < 1.29 is 14.1 Å². The highest BCUT2D eigenvalue weighted by atomic mass is 32.1. The van der Waals surface area contributed by atoms with Gasteiger partial charge in [0.1, 0.15) is 28.3 Å². The zero-order valence-corrected chi connectivity index (χ0v) is 17.2. The van der Waals surface area contributed by atoms with Crippen LogP contribution in [0, 0.1) is 32.8 Å². The summed E-state index contributed by atoms with van der Waals surface area (Å²) in [4.78, 5) is 23.4. The number of furan rings is 1. The maximum atomic E-state index is 12.9. The number of nitro groups is 1. The Morgan fingerprint density at radius 1 is 1.32 bits per heavy atom. The molecule has 3 aromatic rings. The van der Waals surface area contributed by atoms with E-state index in [2.05, 4.69) is 0 Å². The average Bonchev–Trinajstić information content (AvgIpc) is 3.36. The molecule has 0 spiro atoms. The van der Waals surface area contributed by atoms with Gasteiger partial charge in [0.05, 0.1) is 9.46 Å². The van der Waals surface area contributed by atoms with Crippen LogP contribution in [0.1, 0.15) is 12.2 Å². The van der Waals surface area contributed by atoms with Crippen molar-refractivity contribution in [2.24, 2.45) is 0 Å². The fourth-order valence-electron chi connectivity index (χ4n) is 2.88. The summed E-state index contributed by atoms with van der Waals surface area (Å²) in [6.07, 6.45) is 2.07. The third-order valence-corrected chi connectivity index (χ3v) is 5.45. The quantitative estimate of drug-likeness (QED) is 0.314. The lowest BCUT2D eigenvalue weighted by molar-refractivity contribution is -0.384. The fourth-order valence-corrected chi connectivity index (χ4v) is 3.94. The molecule has 1 aromatic carbocycles. The molecule has 0 atom stereocenters. The van der Waals surface area contributed by atoms with Gasteiger partial charge in [-0.1, -0.05) is 12.1 Å². The molecule has 0 bridgehead atoms. The highest BCUT2D eigenvalue weighted by Crippen LogP contribution is 2.25.